The van der Waals surface area contributed by atoms with Crippen molar-refractivity contribution in [1.82, 2.24) is 0 Å². The molecule has 0 aromatic heterocycles. The van der Waals surface area contributed by atoms with Crippen LogP contribution in [0.25, 0.3) is 0 Å². The van der Waals surface area contributed by atoms with Crippen molar-refractivity contribution in [2.24, 2.45) is 57.2 Å². The van der Waals surface area contributed by atoms with Crippen molar-refractivity contribution in [2.45, 2.75) is 130 Å². The molecule has 7 nitrogen and oxygen atoms in total. The molecular formula is C40H54O7. The van der Waals surface area contributed by atoms with Gasteiger partial charge in [-0.05, 0) is 123 Å². The number of Topliss-reactive ketones (excluding diaryl/α,β-unsaturated/α-hetero) is 3. The standard InChI is InChI=1S/C21H28O5.C19H26O2/c1-19-7-5-13(23)9-12(19)3-4-14-15-6-8-21(26,17(25)11-22)20(15,2)10-16(24)18(14)19;1-18-9-7-13(20)11-12(18)3-4-14-15-5-6-17(21)19(15,2)10-8-16(14)18/h9,14-15,18,22,26H,3-8,10-11H2,1-2H3;11,14-16H,3-10H2,1-2H3/t14-,15-,18+,19-,20-,21-;14-,15-,16-,18-,19-/m00/s1. The summed E-state index contributed by atoms with van der Waals surface area (Å²) in [6, 6.07) is 0. The largest absolute Gasteiger partial charge is 0.388 e. The van der Waals surface area contributed by atoms with Gasteiger partial charge in [0, 0.05) is 42.4 Å². The van der Waals surface area contributed by atoms with Gasteiger partial charge in [0.25, 0.3) is 0 Å². The van der Waals surface area contributed by atoms with Crippen molar-refractivity contribution in [3.63, 3.8) is 0 Å². The SMILES string of the molecule is C[C@]12CCC(=O)C=C1CC[C@@H]1[C@@H]2C(=O)C[C@@]2(C)[C@H]1CC[C@]2(O)C(=O)CO.C[C@]12CCC(=O)C=C1CC[C@@H]1[C@@H]2CC[C@]2(C)C(=O)CC[C@@H]12. The predicted molar refractivity (Wildman–Crippen MR) is 176 cm³/mol. The summed E-state index contributed by atoms with van der Waals surface area (Å²) in [7, 11) is 0. The Morgan fingerprint density at radius 1 is 0.681 bits per heavy atom. The molecule has 0 radical (unpaired) electrons. The third kappa shape index (κ3) is 4.60. The second-order valence-corrected chi connectivity index (χ2v) is 17.8. The van der Waals surface area contributed by atoms with Gasteiger partial charge in [0.15, 0.2) is 17.3 Å². The number of allylic oxidation sites excluding steroid dienone is 2. The Bertz CT molecular complexity index is 1490. The number of fused-ring (bicyclic) bond motifs is 10. The highest BCUT2D eigenvalue weighted by molar-refractivity contribution is 5.95. The number of hydrogen-bond donors (Lipinski definition) is 2. The molecule has 2 N–H and O–H groups in total. The number of hydrogen-bond acceptors (Lipinski definition) is 7. The summed E-state index contributed by atoms with van der Waals surface area (Å²) in [5.41, 5.74) is 0.0866. The van der Waals surface area contributed by atoms with E-state index in [1.807, 2.05) is 13.0 Å². The van der Waals surface area contributed by atoms with Crippen LogP contribution in [0, 0.1) is 57.2 Å². The van der Waals surface area contributed by atoms with E-state index in [-0.39, 0.29) is 52.0 Å². The van der Waals surface area contributed by atoms with Gasteiger partial charge >= 0.3 is 0 Å². The topological polar surface area (TPSA) is 126 Å². The second kappa shape index (κ2) is 11.1. The molecule has 47 heavy (non-hydrogen) atoms. The number of aliphatic hydroxyl groups excluding tert-OH is 1. The molecule has 0 bridgehead atoms. The van der Waals surface area contributed by atoms with E-state index in [0.29, 0.717) is 55.0 Å². The first kappa shape index (κ1) is 33.3. The van der Waals surface area contributed by atoms with Gasteiger partial charge in [0.2, 0.25) is 0 Å². The smallest absolute Gasteiger partial charge is 0.190 e. The maximum atomic E-state index is 13.3. The van der Waals surface area contributed by atoms with Crippen molar-refractivity contribution >= 4 is 28.9 Å². The average molecular weight is 647 g/mol. The van der Waals surface area contributed by atoms with Gasteiger partial charge in [0.05, 0.1) is 0 Å². The fraction of sp³-hybridized carbons (Fsp3) is 0.775. The molecule has 0 unspecified atom stereocenters. The summed E-state index contributed by atoms with van der Waals surface area (Å²) in [4.78, 5) is 61.7. The zero-order chi connectivity index (χ0) is 33.7. The quantitative estimate of drug-likeness (QED) is 0.373. The lowest BCUT2D eigenvalue weighted by atomic mass is 9.46. The zero-order valence-electron chi connectivity index (χ0n) is 28.9. The first-order valence-corrected chi connectivity index (χ1v) is 18.5. The summed E-state index contributed by atoms with van der Waals surface area (Å²) in [5, 5.41) is 20.5. The van der Waals surface area contributed by atoms with Crippen LogP contribution in [0.5, 0.6) is 0 Å². The molecule has 0 heterocycles. The van der Waals surface area contributed by atoms with E-state index in [9.17, 15) is 34.2 Å². The molecule has 0 spiro atoms. The minimum atomic E-state index is -1.60. The van der Waals surface area contributed by atoms with Crippen LogP contribution in [0.1, 0.15) is 124 Å². The van der Waals surface area contributed by atoms with Crippen molar-refractivity contribution in [3.05, 3.63) is 23.3 Å². The van der Waals surface area contributed by atoms with E-state index in [4.69, 9.17) is 0 Å². The van der Waals surface area contributed by atoms with Gasteiger partial charge in [-0.2, -0.15) is 0 Å². The summed E-state index contributed by atoms with van der Waals surface area (Å²) < 4.78 is 0. The lowest BCUT2D eigenvalue weighted by Gasteiger charge is -2.57. The number of aliphatic hydroxyl groups is 2. The third-order valence-electron chi connectivity index (χ3n) is 16.1. The van der Waals surface area contributed by atoms with Crippen LogP contribution in [0.3, 0.4) is 0 Å². The van der Waals surface area contributed by atoms with E-state index in [1.165, 1.54) is 18.4 Å². The summed E-state index contributed by atoms with van der Waals surface area (Å²) in [5.74, 6) is 2.71. The van der Waals surface area contributed by atoms with Gasteiger partial charge < -0.3 is 10.2 Å². The number of rotatable bonds is 2. The normalized spacial score (nSPS) is 48.4. The van der Waals surface area contributed by atoms with Crippen LogP contribution in [-0.2, 0) is 24.0 Å². The first-order valence-electron chi connectivity index (χ1n) is 18.5. The van der Waals surface area contributed by atoms with Crippen molar-refractivity contribution < 1.29 is 34.2 Å². The first-order chi connectivity index (χ1) is 22.1. The molecule has 0 aliphatic heterocycles. The maximum absolute atomic E-state index is 13.3. The minimum Gasteiger partial charge on any atom is -0.388 e. The fourth-order valence-corrected chi connectivity index (χ4v) is 13.3. The summed E-state index contributed by atoms with van der Waals surface area (Å²) >= 11 is 0. The maximum Gasteiger partial charge on any atom is 0.190 e. The molecule has 6 saturated carbocycles. The highest BCUT2D eigenvalue weighted by Gasteiger charge is 2.68. The Kier molecular flexibility index (Phi) is 7.88. The van der Waals surface area contributed by atoms with E-state index in [0.717, 1.165) is 56.9 Å². The molecule has 7 heteroatoms. The predicted octanol–water partition coefficient (Wildman–Crippen LogP) is 6.08. The Balaban J connectivity index is 0.000000153. The summed E-state index contributed by atoms with van der Waals surface area (Å²) in [6.45, 7) is 7.95. The molecule has 8 rings (SSSR count). The highest BCUT2D eigenvalue weighted by atomic mass is 16.3. The van der Waals surface area contributed by atoms with Crippen molar-refractivity contribution in [2.75, 3.05) is 6.61 Å². The second-order valence-electron chi connectivity index (χ2n) is 17.8. The summed E-state index contributed by atoms with van der Waals surface area (Å²) in [6.07, 6.45) is 16.0. The Labute approximate surface area is 279 Å². The Morgan fingerprint density at radius 3 is 1.91 bits per heavy atom. The Morgan fingerprint density at radius 2 is 1.26 bits per heavy atom. The van der Waals surface area contributed by atoms with Gasteiger partial charge in [-0.25, -0.2) is 0 Å². The lowest BCUT2D eigenvalue weighted by molar-refractivity contribution is -0.170. The van der Waals surface area contributed by atoms with E-state index in [2.05, 4.69) is 20.8 Å². The fourth-order valence-electron chi connectivity index (χ4n) is 13.3. The number of carbonyl (C=O) groups excluding carboxylic acids is 5. The molecule has 6 fully saturated rings. The number of ketones is 5. The molecule has 8 aliphatic carbocycles. The van der Waals surface area contributed by atoms with Gasteiger partial charge in [-0.15, -0.1) is 0 Å². The lowest BCUT2D eigenvalue weighted by Crippen LogP contribution is -2.60. The third-order valence-corrected chi connectivity index (χ3v) is 16.1. The Hall–Kier alpha value is -2.25. The monoisotopic (exact) mass is 646 g/mol. The van der Waals surface area contributed by atoms with E-state index >= 15 is 0 Å². The van der Waals surface area contributed by atoms with Crippen LogP contribution in [-0.4, -0.2) is 51.3 Å². The van der Waals surface area contributed by atoms with Crippen LogP contribution < -0.4 is 0 Å². The van der Waals surface area contributed by atoms with Crippen LogP contribution in [0.4, 0.5) is 0 Å². The van der Waals surface area contributed by atoms with Gasteiger partial charge in [-0.1, -0.05) is 38.8 Å². The molecule has 0 aromatic carbocycles. The van der Waals surface area contributed by atoms with Crippen LogP contribution in [0.15, 0.2) is 23.3 Å². The highest BCUT2D eigenvalue weighted by Crippen LogP contribution is 2.67. The zero-order valence-corrected chi connectivity index (χ0v) is 28.9. The number of carbonyl (C=O) groups is 5. The molecule has 0 saturated heterocycles. The van der Waals surface area contributed by atoms with E-state index < -0.39 is 23.4 Å². The van der Waals surface area contributed by atoms with Gasteiger partial charge in [-0.3, -0.25) is 24.0 Å². The average Bonchev–Trinajstić information content (AvgIpc) is 3.49. The molecular weight excluding hydrogens is 592 g/mol. The molecule has 8 aliphatic rings. The molecule has 0 amide bonds. The molecule has 256 valence electrons. The van der Waals surface area contributed by atoms with Gasteiger partial charge in [0.1, 0.15) is 23.8 Å². The van der Waals surface area contributed by atoms with Crippen molar-refractivity contribution in [1.29, 1.82) is 0 Å². The molecule has 11 atom stereocenters. The van der Waals surface area contributed by atoms with E-state index in [1.54, 1.807) is 6.08 Å². The minimum absolute atomic E-state index is 0.0246. The van der Waals surface area contributed by atoms with Crippen molar-refractivity contribution in [3.8, 4) is 0 Å². The molecule has 0 aromatic rings. The van der Waals surface area contributed by atoms with Crippen LogP contribution in [0.2, 0.25) is 0 Å². The van der Waals surface area contributed by atoms with Crippen LogP contribution >= 0.6 is 0 Å².